The van der Waals surface area contributed by atoms with Crippen LogP contribution < -0.4 is 0 Å². The highest BCUT2D eigenvalue weighted by atomic mass is 16.4. The van der Waals surface area contributed by atoms with E-state index in [1.165, 1.54) is 0 Å². The largest absolute Gasteiger partial charge is 0.481 e. The number of hydrogen-bond acceptors (Lipinski definition) is 2. The summed E-state index contributed by atoms with van der Waals surface area (Å²) >= 11 is 0. The van der Waals surface area contributed by atoms with Crippen molar-refractivity contribution in [1.29, 1.82) is 0 Å². The van der Waals surface area contributed by atoms with Crippen LogP contribution in [0.15, 0.2) is 30.6 Å². The highest BCUT2D eigenvalue weighted by molar-refractivity contribution is 5.69. The van der Waals surface area contributed by atoms with Gasteiger partial charge in [0.1, 0.15) is 5.65 Å². The van der Waals surface area contributed by atoms with Gasteiger partial charge in [0.2, 0.25) is 0 Å². The van der Waals surface area contributed by atoms with Crippen LogP contribution in [0.4, 0.5) is 0 Å². The van der Waals surface area contributed by atoms with Gasteiger partial charge in [-0.1, -0.05) is 13.0 Å². The SMILES string of the molecule is CC(Cc1cnc2ccccn12)C(=O)O. The smallest absolute Gasteiger partial charge is 0.306 e. The summed E-state index contributed by atoms with van der Waals surface area (Å²) in [5.74, 6) is -1.16. The first-order valence-corrected chi connectivity index (χ1v) is 4.82. The molecule has 0 amide bonds. The quantitative estimate of drug-likeness (QED) is 0.826. The van der Waals surface area contributed by atoms with Crippen LogP contribution in [0.2, 0.25) is 0 Å². The Hall–Kier alpha value is -1.84. The van der Waals surface area contributed by atoms with E-state index in [2.05, 4.69) is 4.98 Å². The Kier molecular flexibility index (Phi) is 2.41. The number of carbonyl (C=O) groups is 1. The Balaban J connectivity index is 2.32. The zero-order chi connectivity index (χ0) is 10.8. The van der Waals surface area contributed by atoms with Crippen LogP contribution in [-0.2, 0) is 11.2 Å². The topological polar surface area (TPSA) is 54.6 Å². The highest BCUT2D eigenvalue weighted by Gasteiger charge is 2.13. The van der Waals surface area contributed by atoms with Gasteiger partial charge >= 0.3 is 5.97 Å². The average Bonchev–Trinajstić information content (AvgIpc) is 2.62. The average molecular weight is 204 g/mol. The van der Waals surface area contributed by atoms with E-state index in [0.717, 1.165) is 11.3 Å². The van der Waals surface area contributed by atoms with Crippen LogP contribution in [0.1, 0.15) is 12.6 Å². The molecule has 4 nitrogen and oxygen atoms in total. The molecular weight excluding hydrogens is 192 g/mol. The summed E-state index contributed by atoms with van der Waals surface area (Å²) in [6.45, 7) is 1.70. The molecule has 0 fully saturated rings. The fourth-order valence-electron chi connectivity index (χ4n) is 1.54. The molecule has 1 N–H and O–H groups in total. The molecule has 15 heavy (non-hydrogen) atoms. The normalized spacial score (nSPS) is 12.9. The highest BCUT2D eigenvalue weighted by Crippen LogP contribution is 2.11. The zero-order valence-corrected chi connectivity index (χ0v) is 8.42. The summed E-state index contributed by atoms with van der Waals surface area (Å²) in [5, 5.41) is 8.82. The number of fused-ring (bicyclic) bond motifs is 1. The first-order valence-electron chi connectivity index (χ1n) is 4.82. The minimum absolute atomic E-state index is 0.384. The lowest BCUT2D eigenvalue weighted by atomic mass is 10.1. The molecule has 0 bridgehead atoms. The van der Waals surface area contributed by atoms with Gasteiger partial charge < -0.3 is 9.51 Å². The number of pyridine rings is 1. The maximum atomic E-state index is 10.7. The van der Waals surface area contributed by atoms with Crippen molar-refractivity contribution < 1.29 is 9.90 Å². The monoisotopic (exact) mass is 204 g/mol. The minimum Gasteiger partial charge on any atom is -0.481 e. The molecule has 1 unspecified atom stereocenters. The fourth-order valence-corrected chi connectivity index (χ4v) is 1.54. The van der Waals surface area contributed by atoms with Crippen molar-refractivity contribution in [3.05, 3.63) is 36.3 Å². The standard InChI is InChI=1S/C11H12N2O2/c1-8(11(14)15)6-9-7-12-10-4-2-3-5-13(9)10/h2-5,7-8H,6H2,1H3,(H,14,15). The molecule has 0 aromatic carbocycles. The lowest BCUT2D eigenvalue weighted by molar-refractivity contribution is -0.141. The maximum Gasteiger partial charge on any atom is 0.306 e. The van der Waals surface area contributed by atoms with Gasteiger partial charge in [-0.25, -0.2) is 4.98 Å². The third-order valence-corrected chi connectivity index (χ3v) is 2.43. The van der Waals surface area contributed by atoms with Gasteiger partial charge in [0.05, 0.1) is 5.92 Å². The number of rotatable bonds is 3. The van der Waals surface area contributed by atoms with E-state index in [1.807, 2.05) is 28.8 Å². The van der Waals surface area contributed by atoms with Crippen molar-refractivity contribution in [2.75, 3.05) is 0 Å². The zero-order valence-electron chi connectivity index (χ0n) is 8.42. The summed E-state index contributed by atoms with van der Waals surface area (Å²) in [6, 6.07) is 5.71. The van der Waals surface area contributed by atoms with Crippen LogP contribution in [-0.4, -0.2) is 20.5 Å². The Morgan fingerprint density at radius 1 is 1.60 bits per heavy atom. The van der Waals surface area contributed by atoms with E-state index in [1.54, 1.807) is 13.1 Å². The first-order chi connectivity index (χ1) is 7.18. The molecule has 2 rings (SSSR count). The molecule has 0 spiro atoms. The van der Waals surface area contributed by atoms with E-state index in [-0.39, 0.29) is 5.92 Å². The van der Waals surface area contributed by atoms with Crippen molar-refractivity contribution in [2.45, 2.75) is 13.3 Å². The molecule has 0 aliphatic carbocycles. The fraction of sp³-hybridized carbons (Fsp3) is 0.273. The predicted molar refractivity (Wildman–Crippen MR) is 55.7 cm³/mol. The molecule has 0 radical (unpaired) electrons. The molecule has 2 aromatic rings. The number of hydrogen-bond donors (Lipinski definition) is 1. The van der Waals surface area contributed by atoms with Gasteiger partial charge in [0, 0.05) is 24.5 Å². The Morgan fingerprint density at radius 3 is 3.13 bits per heavy atom. The van der Waals surface area contributed by atoms with Crippen LogP contribution in [0.25, 0.3) is 5.65 Å². The first kappa shape index (κ1) is 9.71. The van der Waals surface area contributed by atoms with Gasteiger partial charge in [0.25, 0.3) is 0 Å². The van der Waals surface area contributed by atoms with E-state index in [0.29, 0.717) is 6.42 Å². The summed E-state index contributed by atoms with van der Waals surface area (Å²) in [6.07, 6.45) is 4.13. The number of aliphatic carboxylic acids is 1. The Labute approximate surface area is 87.2 Å². The van der Waals surface area contributed by atoms with Gasteiger partial charge in [-0.2, -0.15) is 0 Å². The predicted octanol–water partition coefficient (Wildman–Crippen LogP) is 1.60. The maximum absolute atomic E-state index is 10.7. The molecule has 0 saturated heterocycles. The lowest BCUT2D eigenvalue weighted by Gasteiger charge is -2.05. The number of aromatic nitrogens is 2. The summed E-state index contributed by atoms with van der Waals surface area (Å²) in [4.78, 5) is 14.9. The van der Waals surface area contributed by atoms with Crippen molar-refractivity contribution in [1.82, 2.24) is 9.38 Å². The molecule has 78 valence electrons. The van der Waals surface area contributed by atoms with Gasteiger partial charge in [-0.05, 0) is 12.1 Å². The van der Waals surface area contributed by atoms with Crippen molar-refractivity contribution in [2.24, 2.45) is 5.92 Å². The molecule has 0 aliphatic rings. The summed E-state index contributed by atoms with van der Waals surface area (Å²) in [7, 11) is 0. The van der Waals surface area contributed by atoms with Crippen LogP contribution in [0, 0.1) is 5.92 Å². The molecule has 2 heterocycles. The van der Waals surface area contributed by atoms with E-state index in [4.69, 9.17) is 5.11 Å². The molecule has 2 aromatic heterocycles. The van der Waals surface area contributed by atoms with Gasteiger partial charge in [-0.3, -0.25) is 4.79 Å². The van der Waals surface area contributed by atoms with Crippen LogP contribution in [0.5, 0.6) is 0 Å². The lowest BCUT2D eigenvalue weighted by Crippen LogP contribution is -2.13. The van der Waals surface area contributed by atoms with E-state index in [9.17, 15) is 4.79 Å². The number of nitrogens with zero attached hydrogens (tertiary/aromatic N) is 2. The number of carboxylic acid groups (broad SMARTS) is 1. The van der Waals surface area contributed by atoms with Crippen LogP contribution in [0.3, 0.4) is 0 Å². The molecule has 0 saturated carbocycles. The third-order valence-electron chi connectivity index (χ3n) is 2.43. The third kappa shape index (κ3) is 1.83. The van der Waals surface area contributed by atoms with E-state index < -0.39 is 5.97 Å². The number of imidazole rings is 1. The molecule has 0 aliphatic heterocycles. The summed E-state index contributed by atoms with van der Waals surface area (Å²) in [5.41, 5.74) is 1.78. The van der Waals surface area contributed by atoms with Crippen LogP contribution >= 0.6 is 0 Å². The Bertz CT molecular complexity index is 490. The Morgan fingerprint density at radius 2 is 2.40 bits per heavy atom. The second-order valence-electron chi connectivity index (χ2n) is 3.62. The molecule has 4 heteroatoms. The van der Waals surface area contributed by atoms with Gasteiger partial charge in [-0.15, -0.1) is 0 Å². The van der Waals surface area contributed by atoms with Crippen molar-refractivity contribution in [3.63, 3.8) is 0 Å². The molecular formula is C11H12N2O2. The summed E-state index contributed by atoms with van der Waals surface area (Å²) < 4.78 is 1.92. The molecule has 1 atom stereocenters. The number of carboxylic acids is 1. The second kappa shape index (κ2) is 3.73. The van der Waals surface area contributed by atoms with Gasteiger partial charge in [0.15, 0.2) is 0 Å². The van der Waals surface area contributed by atoms with E-state index >= 15 is 0 Å². The van der Waals surface area contributed by atoms with Crippen molar-refractivity contribution >= 4 is 11.6 Å². The second-order valence-corrected chi connectivity index (χ2v) is 3.62. The van der Waals surface area contributed by atoms with Crippen molar-refractivity contribution in [3.8, 4) is 0 Å². The minimum atomic E-state index is -0.777.